The zero-order valence-electron chi connectivity index (χ0n) is 10.1. The van der Waals surface area contributed by atoms with Crippen LogP contribution in [0, 0.1) is 5.41 Å². The van der Waals surface area contributed by atoms with Crippen LogP contribution in [0.1, 0.15) is 23.2 Å². The molecule has 1 aliphatic carbocycles. The third-order valence-electron chi connectivity index (χ3n) is 3.26. The standard InChI is InChI=1S/C13H15NO4/c1-18-11(15)9-4-2-3-5-10(9)14-8-13(6-7-13)12(16)17/h2-5,14H,6-8H2,1H3,(H,16,17). The van der Waals surface area contributed by atoms with Gasteiger partial charge in [-0.25, -0.2) is 4.79 Å². The molecule has 1 aromatic carbocycles. The number of esters is 1. The van der Waals surface area contributed by atoms with E-state index in [1.54, 1.807) is 24.3 Å². The van der Waals surface area contributed by atoms with Crippen LogP contribution in [-0.2, 0) is 9.53 Å². The molecule has 0 aliphatic heterocycles. The average Bonchev–Trinajstić information content (AvgIpc) is 3.17. The Morgan fingerprint density at radius 3 is 2.61 bits per heavy atom. The smallest absolute Gasteiger partial charge is 0.339 e. The normalized spacial score (nSPS) is 15.8. The molecule has 1 saturated carbocycles. The molecule has 1 aliphatic rings. The first kappa shape index (κ1) is 12.4. The van der Waals surface area contributed by atoms with Gasteiger partial charge in [0.15, 0.2) is 0 Å². The third kappa shape index (κ3) is 2.30. The Morgan fingerprint density at radius 2 is 2.06 bits per heavy atom. The van der Waals surface area contributed by atoms with Crippen LogP contribution in [0.25, 0.3) is 0 Å². The van der Waals surface area contributed by atoms with Crippen molar-refractivity contribution in [2.45, 2.75) is 12.8 Å². The number of para-hydroxylation sites is 1. The molecule has 0 spiro atoms. The van der Waals surface area contributed by atoms with Crippen LogP contribution >= 0.6 is 0 Å². The van der Waals surface area contributed by atoms with Gasteiger partial charge in [-0.3, -0.25) is 4.79 Å². The molecule has 0 amide bonds. The Labute approximate surface area is 105 Å². The van der Waals surface area contributed by atoms with Crippen molar-refractivity contribution in [3.05, 3.63) is 29.8 Å². The second kappa shape index (κ2) is 4.68. The molecule has 2 rings (SSSR count). The number of carboxylic acid groups (broad SMARTS) is 1. The number of methoxy groups -OCH3 is 1. The topological polar surface area (TPSA) is 75.6 Å². The highest BCUT2D eigenvalue weighted by Gasteiger charge is 2.50. The van der Waals surface area contributed by atoms with Gasteiger partial charge in [0.1, 0.15) is 0 Å². The van der Waals surface area contributed by atoms with Gasteiger partial charge in [0, 0.05) is 12.2 Å². The zero-order valence-corrected chi connectivity index (χ0v) is 10.1. The van der Waals surface area contributed by atoms with E-state index in [4.69, 9.17) is 5.11 Å². The van der Waals surface area contributed by atoms with E-state index in [0.29, 0.717) is 30.6 Å². The molecule has 0 atom stereocenters. The maximum Gasteiger partial charge on any atom is 0.339 e. The fourth-order valence-electron chi connectivity index (χ4n) is 1.81. The quantitative estimate of drug-likeness (QED) is 0.777. The minimum Gasteiger partial charge on any atom is -0.481 e. The first-order valence-corrected chi connectivity index (χ1v) is 5.74. The number of aliphatic carboxylic acids is 1. The number of carboxylic acids is 1. The van der Waals surface area contributed by atoms with Crippen molar-refractivity contribution in [3.63, 3.8) is 0 Å². The SMILES string of the molecule is COC(=O)c1ccccc1NCC1(C(=O)O)CC1. The Balaban J connectivity index is 2.10. The first-order valence-electron chi connectivity index (χ1n) is 5.74. The van der Waals surface area contributed by atoms with Crippen molar-refractivity contribution < 1.29 is 19.4 Å². The van der Waals surface area contributed by atoms with Crippen LogP contribution in [0.4, 0.5) is 5.69 Å². The van der Waals surface area contributed by atoms with Gasteiger partial charge in [0.05, 0.1) is 18.1 Å². The van der Waals surface area contributed by atoms with Crippen molar-refractivity contribution in [2.75, 3.05) is 19.0 Å². The molecule has 1 fully saturated rings. The number of carbonyl (C=O) groups excluding carboxylic acids is 1. The summed E-state index contributed by atoms with van der Waals surface area (Å²) in [6.07, 6.45) is 1.35. The lowest BCUT2D eigenvalue weighted by atomic mass is 10.1. The second-order valence-corrected chi connectivity index (χ2v) is 4.48. The molecule has 0 bridgehead atoms. The number of nitrogens with one attached hydrogen (secondary N) is 1. The molecule has 5 nitrogen and oxygen atoms in total. The molecule has 18 heavy (non-hydrogen) atoms. The van der Waals surface area contributed by atoms with Gasteiger partial charge in [-0.1, -0.05) is 12.1 Å². The monoisotopic (exact) mass is 249 g/mol. The maximum absolute atomic E-state index is 11.5. The van der Waals surface area contributed by atoms with Gasteiger partial charge in [-0.15, -0.1) is 0 Å². The predicted octanol–water partition coefficient (Wildman–Crippen LogP) is 1.75. The summed E-state index contributed by atoms with van der Waals surface area (Å²) in [6.45, 7) is 0.330. The van der Waals surface area contributed by atoms with E-state index in [0.717, 1.165) is 0 Å². The number of anilines is 1. The summed E-state index contributed by atoms with van der Waals surface area (Å²) in [4.78, 5) is 22.6. The summed E-state index contributed by atoms with van der Waals surface area (Å²) >= 11 is 0. The Hall–Kier alpha value is -2.04. The molecule has 0 unspecified atom stereocenters. The van der Waals surface area contributed by atoms with E-state index in [1.807, 2.05) is 0 Å². The van der Waals surface area contributed by atoms with E-state index in [1.165, 1.54) is 7.11 Å². The molecule has 2 N–H and O–H groups in total. The minimum atomic E-state index is -0.787. The van der Waals surface area contributed by atoms with Crippen LogP contribution < -0.4 is 5.32 Å². The summed E-state index contributed by atoms with van der Waals surface area (Å²) in [6, 6.07) is 6.91. The second-order valence-electron chi connectivity index (χ2n) is 4.48. The molecule has 0 radical (unpaired) electrons. The Bertz CT molecular complexity index is 480. The van der Waals surface area contributed by atoms with Crippen molar-refractivity contribution in [1.82, 2.24) is 0 Å². The summed E-state index contributed by atoms with van der Waals surface area (Å²) in [5, 5.41) is 12.1. The fourth-order valence-corrected chi connectivity index (χ4v) is 1.81. The van der Waals surface area contributed by atoms with Crippen LogP contribution in [0.15, 0.2) is 24.3 Å². The predicted molar refractivity (Wildman–Crippen MR) is 65.6 cm³/mol. The zero-order chi connectivity index (χ0) is 13.2. The highest BCUT2D eigenvalue weighted by atomic mass is 16.5. The molecule has 1 aromatic rings. The lowest BCUT2D eigenvalue weighted by molar-refractivity contribution is -0.142. The highest BCUT2D eigenvalue weighted by Crippen LogP contribution is 2.45. The average molecular weight is 249 g/mol. The molecule has 0 saturated heterocycles. The molecular formula is C13H15NO4. The lowest BCUT2D eigenvalue weighted by Gasteiger charge is -2.14. The number of hydrogen-bond donors (Lipinski definition) is 2. The van der Waals surface area contributed by atoms with Crippen LogP contribution in [-0.4, -0.2) is 30.7 Å². The summed E-state index contributed by atoms with van der Waals surface area (Å²) in [5.41, 5.74) is 0.363. The van der Waals surface area contributed by atoms with E-state index >= 15 is 0 Å². The molecule has 5 heteroatoms. The van der Waals surface area contributed by atoms with Gasteiger partial charge in [-0.2, -0.15) is 0 Å². The number of rotatable bonds is 5. The number of carbonyl (C=O) groups is 2. The summed E-state index contributed by atoms with van der Waals surface area (Å²) < 4.78 is 4.68. The number of benzene rings is 1. The first-order chi connectivity index (χ1) is 8.59. The molecule has 0 aromatic heterocycles. The molecule has 96 valence electrons. The largest absolute Gasteiger partial charge is 0.481 e. The van der Waals surface area contributed by atoms with Gasteiger partial charge >= 0.3 is 11.9 Å². The summed E-state index contributed by atoms with van der Waals surface area (Å²) in [5.74, 6) is -1.22. The summed E-state index contributed by atoms with van der Waals surface area (Å²) in [7, 11) is 1.32. The highest BCUT2D eigenvalue weighted by molar-refractivity contribution is 5.95. The molecular weight excluding hydrogens is 234 g/mol. The van der Waals surface area contributed by atoms with E-state index in [-0.39, 0.29) is 0 Å². The van der Waals surface area contributed by atoms with Crippen LogP contribution in [0.5, 0.6) is 0 Å². The minimum absolute atomic E-state index is 0.330. The van der Waals surface area contributed by atoms with E-state index in [2.05, 4.69) is 10.1 Å². The Morgan fingerprint density at radius 1 is 1.39 bits per heavy atom. The lowest BCUT2D eigenvalue weighted by Crippen LogP contribution is -2.25. The van der Waals surface area contributed by atoms with Crippen LogP contribution in [0.2, 0.25) is 0 Å². The van der Waals surface area contributed by atoms with Gasteiger partial charge in [0.25, 0.3) is 0 Å². The number of hydrogen-bond acceptors (Lipinski definition) is 4. The van der Waals surface area contributed by atoms with Gasteiger partial charge in [-0.05, 0) is 25.0 Å². The maximum atomic E-state index is 11.5. The van der Waals surface area contributed by atoms with Gasteiger partial charge in [0.2, 0.25) is 0 Å². The third-order valence-corrected chi connectivity index (χ3v) is 3.26. The van der Waals surface area contributed by atoms with Gasteiger partial charge < -0.3 is 15.2 Å². The van der Waals surface area contributed by atoms with Crippen molar-refractivity contribution in [1.29, 1.82) is 0 Å². The van der Waals surface area contributed by atoms with Crippen molar-refractivity contribution >= 4 is 17.6 Å². The van der Waals surface area contributed by atoms with E-state index in [9.17, 15) is 9.59 Å². The Kier molecular flexibility index (Phi) is 3.23. The van der Waals surface area contributed by atoms with Crippen molar-refractivity contribution in [2.24, 2.45) is 5.41 Å². The molecule has 0 heterocycles. The number of ether oxygens (including phenoxy) is 1. The fraction of sp³-hybridized carbons (Fsp3) is 0.385. The van der Waals surface area contributed by atoms with Crippen molar-refractivity contribution in [3.8, 4) is 0 Å². The van der Waals surface area contributed by atoms with E-state index < -0.39 is 17.4 Å². The van der Waals surface area contributed by atoms with Crippen LogP contribution in [0.3, 0.4) is 0 Å².